The third-order valence-corrected chi connectivity index (χ3v) is 5.06. The van der Waals surface area contributed by atoms with E-state index in [4.69, 9.17) is 0 Å². The van der Waals surface area contributed by atoms with E-state index in [0.29, 0.717) is 6.04 Å². The maximum atomic E-state index is 3.73. The number of hydrogen-bond acceptors (Lipinski definition) is 1. The van der Waals surface area contributed by atoms with Crippen molar-refractivity contribution in [1.82, 2.24) is 10.3 Å². The number of fused-ring (bicyclic) bond motifs is 3. The van der Waals surface area contributed by atoms with Gasteiger partial charge in [0.05, 0.1) is 0 Å². The molecule has 0 fully saturated rings. The number of nitrogens with one attached hydrogen (secondary N) is 2. The molecule has 22 heavy (non-hydrogen) atoms. The Hall–Kier alpha value is -1.58. The summed E-state index contributed by atoms with van der Waals surface area (Å²) in [6.45, 7) is 0.921. The summed E-state index contributed by atoms with van der Waals surface area (Å²) in [7, 11) is 0. The fourth-order valence-electron chi connectivity index (χ4n) is 3.48. The molecule has 112 valence electrons. The molecular weight excluding hydrogens is 336 g/mol. The summed E-state index contributed by atoms with van der Waals surface area (Å²) in [5.41, 5.74) is 5.47. The molecule has 4 rings (SSSR count). The van der Waals surface area contributed by atoms with Crippen molar-refractivity contribution < 1.29 is 0 Å². The lowest BCUT2D eigenvalue weighted by Gasteiger charge is -2.24. The van der Waals surface area contributed by atoms with Crippen molar-refractivity contribution in [3.05, 3.63) is 69.8 Å². The van der Waals surface area contributed by atoms with Crippen molar-refractivity contribution in [3.8, 4) is 0 Å². The van der Waals surface area contributed by atoms with Crippen LogP contribution >= 0.6 is 15.9 Å². The van der Waals surface area contributed by atoms with Crippen LogP contribution in [0.3, 0.4) is 0 Å². The summed E-state index contributed by atoms with van der Waals surface area (Å²) in [5.74, 6) is 0. The zero-order valence-electron chi connectivity index (χ0n) is 12.4. The normalized spacial score (nSPS) is 17.6. The van der Waals surface area contributed by atoms with Crippen molar-refractivity contribution in [2.75, 3.05) is 0 Å². The lowest BCUT2D eigenvalue weighted by atomic mass is 9.91. The summed E-state index contributed by atoms with van der Waals surface area (Å²) in [4.78, 5) is 3.65. The van der Waals surface area contributed by atoms with E-state index in [2.05, 4.69) is 74.8 Å². The number of aromatic nitrogens is 1. The van der Waals surface area contributed by atoms with E-state index in [-0.39, 0.29) is 0 Å². The van der Waals surface area contributed by atoms with Crippen LogP contribution in [0.1, 0.15) is 35.7 Å². The van der Waals surface area contributed by atoms with Crippen molar-refractivity contribution in [1.29, 1.82) is 0 Å². The first kappa shape index (κ1) is 14.0. The quantitative estimate of drug-likeness (QED) is 0.672. The molecule has 0 amide bonds. The number of aromatic amines is 1. The van der Waals surface area contributed by atoms with Gasteiger partial charge in [-0.25, -0.2) is 0 Å². The number of benzene rings is 2. The molecule has 3 aromatic rings. The average molecular weight is 355 g/mol. The number of H-pyrrole nitrogens is 1. The van der Waals surface area contributed by atoms with Gasteiger partial charge >= 0.3 is 0 Å². The monoisotopic (exact) mass is 354 g/mol. The lowest BCUT2D eigenvalue weighted by molar-refractivity contribution is 0.452. The molecule has 2 N–H and O–H groups in total. The van der Waals surface area contributed by atoms with Gasteiger partial charge in [-0.1, -0.05) is 46.3 Å². The molecular formula is C19H19BrN2. The van der Waals surface area contributed by atoms with Crippen LogP contribution in [0.2, 0.25) is 0 Å². The van der Waals surface area contributed by atoms with Gasteiger partial charge in [0.15, 0.2) is 0 Å². The Kier molecular flexibility index (Phi) is 3.77. The highest BCUT2D eigenvalue weighted by Gasteiger charge is 2.23. The van der Waals surface area contributed by atoms with Gasteiger partial charge in [-0.05, 0) is 48.6 Å². The summed E-state index contributed by atoms with van der Waals surface area (Å²) in [5, 5.41) is 5.10. The molecule has 0 spiro atoms. The van der Waals surface area contributed by atoms with Crippen LogP contribution < -0.4 is 5.32 Å². The molecule has 1 aliphatic rings. The van der Waals surface area contributed by atoms with Gasteiger partial charge in [0.25, 0.3) is 0 Å². The van der Waals surface area contributed by atoms with E-state index in [0.717, 1.165) is 11.0 Å². The lowest BCUT2D eigenvalue weighted by Crippen LogP contribution is -2.24. The Morgan fingerprint density at radius 2 is 2.00 bits per heavy atom. The van der Waals surface area contributed by atoms with Gasteiger partial charge in [0.1, 0.15) is 0 Å². The third-order valence-electron chi connectivity index (χ3n) is 4.56. The van der Waals surface area contributed by atoms with Crippen LogP contribution in [0, 0.1) is 0 Å². The van der Waals surface area contributed by atoms with Crippen molar-refractivity contribution >= 4 is 26.8 Å². The van der Waals surface area contributed by atoms with Crippen molar-refractivity contribution in [3.63, 3.8) is 0 Å². The molecule has 1 heterocycles. The Labute approximate surface area is 139 Å². The molecule has 1 aromatic heterocycles. The maximum Gasteiger partial charge on any atom is 0.0478 e. The topological polar surface area (TPSA) is 27.8 Å². The molecule has 0 aliphatic heterocycles. The van der Waals surface area contributed by atoms with E-state index in [1.807, 2.05) is 0 Å². The minimum atomic E-state index is 0.426. The fraction of sp³-hybridized carbons (Fsp3) is 0.263. The first-order valence-electron chi connectivity index (χ1n) is 7.88. The third kappa shape index (κ3) is 2.59. The maximum absolute atomic E-state index is 3.73. The first-order valence-corrected chi connectivity index (χ1v) is 8.68. The minimum absolute atomic E-state index is 0.426. The molecule has 2 aromatic carbocycles. The van der Waals surface area contributed by atoms with Crippen LogP contribution in [0.4, 0.5) is 0 Å². The Bertz CT molecular complexity index is 792. The van der Waals surface area contributed by atoms with Gasteiger partial charge in [0, 0.05) is 33.7 Å². The largest absolute Gasteiger partial charge is 0.357 e. The van der Waals surface area contributed by atoms with E-state index in [1.165, 1.54) is 47.0 Å². The van der Waals surface area contributed by atoms with Gasteiger partial charge in [-0.2, -0.15) is 0 Å². The van der Waals surface area contributed by atoms with Gasteiger partial charge in [-0.15, -0.1) is 0 Å². The standard InChI is InChI=1S/C19H19BrN2/c20-14-9-10-17-16(11-14)15-7-4-8-18(19(15)22-17)21-12-13-5-2-1-3-6-13/h1-3,5-6,9-11,18,21-22H,4,7-8,12H2. The summed E-state index contributed by atoms with van der Waals surface area (Å²) in [6, 6.07) is 17.6. The average Bonchev–Trinajstić information content (AvgIpc) is 2.92. The number of hydrogen-bond donors (Lipinski definition) is 2. The molecule has 0 bridgehead atoms. The number of aryl methyl sites for hydroxylation is 1. The molecule has 3 heteroatoms. The predicted octanol–water partition coefficient (Wildman–Crippen LogP) is 5.10. The Balaban J connectivity index is 1.63. The molecule has 1 aliphatic carbocycles. The van der Waals surface area contributed by atoms with Crippen molar-refractivity contribution in [2.24, 2.45) is 0 Å². The predicted molar refractivity (Wildman–Crippen MR) is 95.0 cm³/mol. The highest BCUT2D eigenvalue weighted by molar-refractivity contribution is 9.10. The van der Waals surface area contributed by atoms with Crippen LogP contribution in [-0.4, -0.2) is 4.98 Å². The summed E-state index contributed by atoms with van der Waals surface area (Å²) in [6.07, 6.45) is 3.63. The van der Waals surface area contributed by atoms with Gasteiger partial charge in [0.2, 0.25) is 0 Å². The summed E-state index contributed by atoms with van der Waals surface area (Å²) >= 11 is 3.59. The number of rotatable bonds is 3. The fourth-order valence-corrected chi connectivity index (χ4v) is 3.84. The zero-order valence-corrected chi connectivity index (χ0v) is 14.0. The van der Waals surface area contributed by atoms with E-state index in [9.17, 15) is 0 Å². The first-order chi connectivity index (χ1) is 10.8. The second kappa shape index (κ2) is 5.90. The summed E-state index contributed by atoms with van der Waals surface area (Å²) < 4.78 is 1.15. The molecule has 0 saturated carbocycles. The smallest absolute Gasteiger partial charge is 0.0478 e. The van der Waals surface area contributed by atoms with Crippen LogP contribution in [0.25, 0.3) is 10.9 Å². The second-order valence-electron chi connectivity index (χ2n) is 6.02. The molecule has 1 unspecified atom stereocenters. The number of halogens is 1. The Morgan fingerprint density at radius 3 is 2.86 bits per heavy atom. The molecule has 0 radical (unpaired) electrons. The van der Waals surface area contributed by atoms with Crippen LogP contribution in [-0.2, 0) is 13.0 Å². The van der Waals surface area contributed by atoms with E-state index in [1.54, 1.807) is 0 Å². The van der Waals surface area contributed by atoms with E-state index < -0.39 is 0 Å². The highest BCUT2D eigenvalue weighted by Crippen LogP contribution is 2.35. The molecule has 0 saturated heterocycles. The molecule has 2 nitrogen and oxygen atoms in total. The van der Waals surface area contributed by atoms with Crippen LogP contribution in [0.5, 0.6) is 0 Å². The minimum Gasteiger partial charge on any atom is -0.357 e. The second-order valence-corrected chi connectivity index (χ2v) is 6.93. The Morgan fingerprint density at radius 1 is 1.14 bits per heavy atom. The van der Waals surface area contributed by atoms with Gasteiger partial charge < -0.3 is 10.3 Å². The zero-order chi connectivity index (χ0) is 14.9. The highest BCUT2D eigenvalue weighted by atomic mass is 79.9. The van der Waals surface area contributed by atoms with Crippen LogP contribution in [0.15, 0.2) is 53.0 Å². The van der Waals surface area contributed by atoms with E-state index >= 15 is 0 Å². The molecule has 1 atom stereocenters. The van der Waals surface area contributed by atoms with Crippen molar-refractivity contribution in [2.45, 2.75) is 31.8 Å². The van der Waals surface area contributed by atoms with Gasteiger partial charge in [-0.3, -0.25) is 0 Å². The SMILES string of the molecule is Brc1ccc2[nH]c3c(c2c1)CCCC3NCc1ccccc1.